The van der Waals surface area contributed by atoms with Crippen LogP contribution in [-0.4, -0.2) is 20.4 Å². The lowest BCUT2D eigenvalue weighted by Crippen LogP contribution is -2.20. The Bertz CT molecular complexity index is 853. The van der Waals surface area contributed by atoms with E-state index in [0.717, 1.165) is 29.8 Å². The maximum absolute atomic E-state index is 12.1. The zero-order chi connectivity index (χ0) is 18.2. The number of aryl methyl sites for hydroxylation is 1. The number of hydrogen-bond donors (Lipinski definition) is 1. The van der Waals surface area contributed by atoms with Gasteiger partial charge in [0.15, 0.2) is 0 Å². The lowest BCUT2D eigenvalue weighted by atomic mass is 10.1. The second-order valence-electron chi connectivity index (χ2n) is 6.19. The molecule has 0 spiro atoms. The van der Waals surface area contributed by atoms with Crippen LogP contribution in [0.3, 0.4) is 0 Å². The van der Waals surface area contributed by atoms with Gasteiger partial charge in [-0.05, 0) is 37.0 Å². The number of rotatable bonds is 7. The Morgan fingerprint density at radius 3 is 2.69 bits per heavy atom. The molecule has 0 atom stereocenters. The highest BCUT2D eigenvalue weighted by molar-refractivity contribution is 5.88. The van der Waals surface area contributed by atoms with Gasteiger partial charge < -0.3 is 5.32 Å². The smallest absolute Gasteiger partial charge is 0.244 e. The van der Waals surface area contributed by atoms with Crippen molar-refractivity contribution in [3.05, 3.63) is 90.2 Å². The van der Waals surface area contributed by atoms with Crippen molar-refractivity contribution >= 4 is 5.91 Å². The van der Waals surface area contributed by atoms with Crippen LogP contribution in [0.1, 0.15) is 24.5 Å². The van der Waals surface area contributed by atoms with Crippen LogP contribution in [-0.2, 0) is 17.8 Å². The number of carbonyl (C=O) groups is 1. The minimum absolute atomic E-state index is 0.0748. The molecule has 0 aliphatic rings. The number of pyridine rings is 1. The molecular formula is C21H22N4O. The average Bonchev–Trinajstić information content (AvgIpc) is 3.21. The van der Waals surface area contributed by atoms with Gasteiger partial charge in [-0.1, -0.05) is 42.0 Å². The molecule has 3 rings (SSSR count). The molecule has 0 saturated carbocycles. The van der Waals surface area contributed by atoms with Crippen LogP contribution in [0.2, 0.25) is 0 Å². The predicted octanol–water partition coefficient (Wildman–Crippen LogP) is 3.46. The number of carbonyl (C=O) groups excluding carboxylic acids is 1. The summed E-state index contributed by atoms with van der Waals surface area (Å²) in [5.41, 5.74) is 3.31. The highest BCUT2D eigenvalue weighted by Gasteiger charge is 2.02. The van der Waals surface area contributed by atoms with Crippen LogP contribution in [0.5, 0.6) is 0 Å². The van der Waals surface area contributed by atoms with E-state index in [9.17, 15) is 4.79 Å². The van der Waals surface area contributed by atoms with Crippen molar-refractivity contribution in [1.29, 1.82) is 0 Å². The van der Waals surface area contributed by atoms with Crippen molar-refractivity contribution in [1.82, 2.24) is 19.9 Å². The molecule has 0 radical (unpaired) electrons. The molecule has 26 heavy (non-hydrogen) atoms. The fourth-order valence-electron chi connectivity index (χ4n) is 2.59. The van der Waals surface area contributed by atoms with Gasteiger partial charge in [0.25, 0.3) is 0 Å². The fourth-order valence-corrected chi connectivity index (χ4v) is 2.59. The lowest BCUT2D eigenvalue weighted by Gasteiger charge is -2.06. The third-order valence-corrected chi connectivity index (χ3v) is 4.07. The molecule has 5 nitrogen and oxygen atoms in total. The Balaban J connectivity index is 1.47. The third kappa shape index (κ3) is 5.14. The Morgan fingerprint density at radius 2 is 2.00 bits per heavy atom. The van der Waals surface area contributed by atoms with Crippen molar-refractivity contribution < 1.29 is 4.79 Å². The number of allylic oxidation sites excluding steroid dienone is 1. The molecule has 3 aromatic rings. The predicted molar refractivity (Wildman–Crippen MR) is 102 cm³/mol. The second kappa shape index (κ2) is 8.76. The standard InChI is InChI=1S/C21H22N4O/c1-17(7-8-18-5-3-2-4-6-18)13-21(26)24-15-19-9-10-20(23-14-19)25-12-11-22-16-25/h2-6,9-14,16H,7-8,15H2,1H3,(H,24,26)/b17-13-. The molecule has 5 heteroatoms. The van der Waals surface area contributed by atoms with E-state index in [4.69, 9.17) is 0 Å². The maximum atomic E-state index is 12.1. The van der Waals surface area contributed by atoms with E-state index in [1.165, 1.54) is 5.56 Å². The molecule has 0 fully saturated rings. The van der Waals surface area contributed by atoms with E-state index in [2.05, 4.69) is 27.4 Å². The maximum Gasteiger partial charge on any atom is 0.244 e. The number of amides is 1. The molecule has 2 heterocycles. The summed E-state index contributed by atoms with van der Waals surface area (Å²) in [5.74, 6) is 0.725. The van der Waals surface area contributed by atoms with Crippen molar-refractivity contribution in [2.24, 2.45) is 0 Å². The van der Waals surface area contributed by atoms with Crippen LogP contribution < -0.4 is 5.32 Å². The number of nitrogens with one attached hydrogen (secondary N) is 1. The van der Waals surface area contributed by atoms with Gasteiger partial charge in [0.2, 0.25) is 5.91 Å². The van der Waals surface area contributed by atoms with Gasteiger partial charge in [-0.3, -0.25) is 9.36 Å². The third-order valence-electron chi connectivity index (χ3n) is 4.07. The van der Waals surface area contributed by atoms with Gasteiger partial charge in [0.1, 0.15) is 12.1 Å². The zero-order valence-corrected chi connectivity index (χ0v) is 14.8. The molecule has 1 aromatic carbocycles. The summed E-state index contributed by atoms with van der Waals surface area (Å²) in [7, 11) is 0. The summed E-state index contributed by atoms with van der Waals surface area (Å²) in [6.07, 6.45) is 10.5. The van der Waals surface area contributed by atoms with Crippen molar-refractivity contribution in [3.63, 3.8) is 0 Å². The zero-order valence-electron chi connectivity index (χ0n) is 14.8. The Hall–Kier alpha value is -3.21. The number of benzene rings is 1. The molecule has 0 aliphatic heterocycles. The van der Waals surface area contributed by atoms with Crippen LogP contribution >= 0.6 is 0 Å². The van der Waals surface area contributed by atoms with Gasteiger partial charge in [0.05, 0.1) is 0 Å². The summed E-state index contributed by atoms with van der Waals surface area (Å²) in [6.45, 7) is 2.45. The monoisotopic (exact) mass is 346 g/mol. The number of imidazole rings is 1. The van der Waals surface area contributed by atoms with E-state index in [0.29, 0.717) is 6.54 Å². The van der Waals surface area contributed by atoms with E-state index >= 15 is 0 Å². The van der Waals surface area contributed by atoms with Gasteiger partial charge in [-0.2, -0.15) is 0 Å². The molecule has 1 N–H and O–H groups in total. The normalized spacial score (nSPS) is 11.3. The van der Waals surface area contributed by atoms with Gasteiger partial charge in [-0.15, -0.1) is 0 Å². The summed E-state index contributed by atoms with van der Waals surface area (Å²) in [4.78, 5) is 20.5. The molecular weight excluding hydrogens is 324 g/mol. The van der Waals surface area contributed by atoms with Crippen LogP contribution in [0, 0.1) is 0 Å². The first-order valence-corrected chi connectivity index (χ1v) is 8.63. The molecule has 0 bridgehead atoms. The Morgan fingerprint density at radius 1 is 1.15 bits per heavy atom. The first-order chi connectivity index (χ1) is 12.7. The van der Waals surface area contributed by atoms with Gasteiger partial charge >= 0.3 is 0 Å². The molecule has 0 aliphatic carbocycles. The summed E-state index contributed by atoms with van der Waals surface area (Å²) in [6, 6.07) is 14.2. The van der Waals surface area contributed by atoms with Crippen molar-refractivity contribution in [3.8, 4) is 5.82 Å². The number of nitrogens with zero attached hydrogens (tertiary/aromatic N) is 3. The van der Waals surface area contributed by atoms with E-state index in [1.807, 2.05) is 48.0 Å². The molecule has 2 aromatic heterocycles. The molecule has 0 unspecified atom stereocenters. The van der Waals surface area contributed by atoms with Gasteiger partial charge in [0, 0.05) is 31.2 Å². The number of aromatic nitrogens is 3. The minimum Gasteiger partial charge on any atom is -0.348 e. The van der Waals surface area contributed by atoms with Crippen molar-refractivity contribution in [2.75, 3.05) is 0 Å². The van der Waals surface area contributed by atoms with E-state index in [1.54, 1.807) is 24.8 Å². The fraction of sp³-hybridized carbons (Fsp3) is 0.190. The number of hydrogen-bond acceptors (Lipinski definition) is 3. The van der Waals surface area contributed by atoms with E-state index < -0.39 is 0 Å². The highest BCUT2D eigenvalue weighted by Crippen LogP contribution is 2.09. The minimum atomic E-state index is -0.0748. The van der Waals surface area contributed by atoms with Crippen LogP contribution in [0.4, 0.5) is 0 Å². The first-order valence-electron chi connectivity index (χ1n) is 8.63. The average molecular weight is 346 g/mol. The molecule has 0 saturated heterocycles. The van der Waals surface area contributed by atoms with Crippen LogP contribution in [0.15, 0.2) is 79.0 Å². The largest absolute Gasteiger partial charge is 0.348 e. The topological polar surface area (TPSA) is 59.8 Å². The lowest BCUT2D eigenvalue weighted by molar-refractivity contribution is -0.116. The second-order valence-corrected chi connectivity index (χ2v) is 6.19. The van der Waals surface area contributed by atoms with Crippen LogP contribution in [0.25, 0.3) is 5.82 Å². The quantitative estimate of drug-likeness (QED) is 0.667. The molecule has 132 valence electrons. The Kier molecular flexibility index (Phi) is 5.93. The van der Waals surface area contributed by atoms with Gasteiger partial charge in [-0.25, -0.2) is 9.97 Å². The van der Waals surface area contributed by atoms with E-state index in [-0.39, 0.29) is 5.91 Å². The highest BCUT2D eigenvalue weighted by atomic mass is 16.1. The summed E-state index contributed by atoms with van der Waals surface area (Å²) >= 11 is 0. The van der Waals surface area contributed by atoms with Crippen molar-refractivity contribution in [2.45, 2.75) is 26.3 Å². The first kappa shape index (κ1) is 17.6. The summed E-state index contributed by atoms with van der Waals surface area (Å²) < 4.78 is 1.83. The SMILES string of the molecule is C/C(=C/C(=O)NCc1ccc(-n2ccnc2)nc1)CCc1ccccc1. The Labute approximate surface area is 153 Å². The molecule has 1 amide bonds. The summed E-state index contributed by atoms with van der Waals surface area (Å²) in [5, 5.41) is 2.91.